The van der Waals surface area contributed by atoms with Crippen LogP contribution in [0.5, 0.6) is 0 Å². The number of hydrazine groups is 1. The number of aromatic nitrogens is 2. The Morgan fingerprint density at radius 1 is 1.22 bits per heavy atom. The lowest BCUT2D eigenvalue weighted by Crippen LogP contribution is -2.35. The molecule has 4 N–H and O–H groups in total. The Morgan fingerprint density at radius 3 is 2.67 bits per heavy atom. The summed E-state index contributed by atoms with van der Waals surface area (Å²) in [6, 6.07) is 0.501. The van der Waals surface area contributed by atoms with Crippen LogP contribution in [0.3, 0.4) is 0 Å². The molecule has 1 aromatic heterocycles. The molecule has 5 heteroatoms. The molecule has 0 aromatic carbocycles. The zero-order valence-corrected chi connectivity index (χ0v) is 11.2. The minimum Gasteiger partial charge on any atom is -0.366 e. The van der Waals surface area contributed by atoms with E-state index in [-0.39, 0.29) is 0 Å². The average Bonchev–Trinajstić information content (AvgIpc) is 2.39. The second kappa shape index (κ2) is 6.00. The standard InChI is InChI=1S/C13H23N5/c1-9(2)10-5-3-4-6-11(10)16-12-7-15-8-13(17-12)18-14/h7-11H,3-6,14H2,1-2H3,(H2,16,17,18). The molecule has 1 aliphatic carbocycles. The van der Waals surface area contributed by atoms with Gasteiger partial charge in [-0.25, -0.2) is 10.8 Å². The smallest absolute Gasteiger partial charge is 0.160 e. The summed E-state index contributed by atoms with van der Waals surface area (Å²) in [7, 11) is 0. The number of hydrogen-bond donors (Lipinski definition) is 3. The van der Waals surface area contributed by atoms with Crippen LogP contribution < -0.4 is 16.6 Å². The summed E-state index contributed by atoms with van der Waals surface area (Å²) < 4.78 is 0. The van der Waals surface area contributed by atoms with Crippen molar-refractivity contribution in [2.24, 2.45) is 17.7 Å². The van der Waals surface area contributed by atoms with Crippen LogP contribution in [0.15, 0.2) is 12.4 Å². The fourth-order valence-electron chi connectivity index (χ4n) is 2.83. The molecule has 100 valence electrons. The van der Waals surface area contributed by atoms with Crippen LogP contribution in [0.25, 0.3) is 0 Å². The number of anilines is 2. The summed E-state index contributed by atoms with van der Waals surface area (Å²) in [5.41, 5.74) is 2.52. The number of hydrogen-bond acceptors (Lipinski definition) is 5. The van der Waals surface area contributed by atoms with Crippen LogP contribution in [-0.4, -0.2) is 16.0 Å². The Hall–Kier alpha value is -1.36. The van der Waals surface area contributed by atoms with Crippen molar-refractivity contribution in [1.29, 1.82) is 0 Å². The lowest BCUT2D eigenvalue weighted by Gasteiger charge is -2.35. The molecule has 1 aliphatic rings. The maximum Gasteiger partial charge on any atom is 0.160 e. The van der Waals surface area contributed by atoms with Crippen molar-refractivity contribution in [3.05, 3.63) is 12.4 Å². The Morgan fingerprint density at radius 2 is 1.94 bits per heavy atom. The van der Waals surface area contributed by atoms with Crippen molar-refractivity contribution in [3.63, 3.8) is 0 Å². The van der Waals surface area contributed by atoms with E-state index >= 15 is 0 Å². The van der Waals surface area contributed by atoms with Gasteiger partial charge in [-0.1, -0.05) is 26.7 Å². The first-order valence-corrected chi connectivity index (χ1v) is 6.76. The van der Waals surface area contributed by atoms with E-state index < -0.39 is 0 Å². The van der Waals surface area contributed by atoms with E-state index in [1.807, 2.05) is 0 Å². The number of nitrogens with zero attached hydrogens (tertiary/aromatic N) is 2. The fraction of sp³-hybridized carbons (Fsp3) is 0.692. The van der Waals surface area contributed by atoms with Gasteiger partial charge in [0.1, 0.15) is 5.82 Å². The maximum absolute atomic E-state index is 5.35. The Labute approximate surface area is 109 Å². The lowest BCUT2D eigenvalue weighted by molar-refractivity contribution is 0.253. The number of nitrogens with two attached hydrogens (primary N) is 1. The van der Waals surface area contributed by atoms with Crippen LogP contribution in [0.1, 0.15) is 39.5 Å². The van der Waals surface area contributed by atoms with Gasteiger partial charge in [0.15, 0.2) is 5.82 Å². The third kappa shape index (κ3) is 3.10. The predicted octanol–water partition coefficient (Wildman–Crippen LogP) is 2.39. The molecule has 1 fully saturated rings. The Kier molecular flexibility index (Phi) is 4.36. The predicted molar refractivity (Wildman–Crippen MR) is 74.0 cm³/mol. The molecule has 2 rings (SSSR count). The van der Waals surface area contributed by atoms with Gasteiger partial charge in [-0.05, 0) is 24.7 Å². The van der Waals surface area contributed by atoms with E-state index in [0.717, 1.165) is 11.7 Å². The van der Waals surface area contributed by atoms with Crippen molar-refractivity contribution >= 4 is 11.6 Å². The van der Waals surface area contributed by atoms with E-state index in [2.05, 4.69) is 34.6 Å². The number of nitrogen functional groups attached to an aromatic ring is 1. The highest BCUT2D eigenvalue weighted by Gasteiger charge is 2.27. The van der Waals surface area contributed by atoms with Crippen molar-refractivity contribution in [3.8, 4) is 0 Å². The summed E-state index contributed by atoms with van der Waals surface area (Å²) in [6.45, 7) is 4.60. The van der Waals surface area contributed by atoms with Crippen LogP contribution in [0.2, 0.25) is 0 Å². The Balaban J connectivity index is 2.05. The topological polar surface area (TPSA) is 75.9 Å². The van der Waals surface area contributed by atoms with Gasteiger partial charge < -0.3 is 10.7 Å². The van der Waals surface area contributed by atoms with Crippen LogP contribution >= 0.6 is 0 Å². The highest BCUT2D eigenvalue weighted by Crippen LogP contribution is 2.31. The molecule has 0 aliphatic heterocycles. The monoisotopic (exact) mass is 249 g/mol. The van der Waals surface area contributed by atoms with Gasteiger partial charge >= 0.3 is 0 Å². The normalized spacial score (nSPS) is 24.0. The second-order valence-electron chi connectivity index (χ2n) is 5.38. The molecule has 2 atom stereocenters. The molecular formula is C13H23N5. The van der Waals surface area contributed by atoms with Gasteiger partial charge in [0.2, 0.25) is 0 Å². The molecule has 0 saturated heterocycles. The molecule has 18 heavy (non-hydrogen) atoms. The fourth-order valence-corrected chi connectivity index (χ4v) is 2.83. The van der Waals surface area contributed by atoms with Gasteiger partial charge in [-0.15, -0.1) is 0 Å². The van der Waals surface area contributed by atoms with Gasteiger partial charge in [0.25, 0.3) is 0 Å². The van der Waals surface area contributed by atoms with Gasteiger partial charge in [-0.2, -0.15) is 0 Å². The summed E-state index contributed by atoms with van der Waals surface area (Å²) in [4.78, 5) is 8.49. The van der Waals surface area contributed by atoms with Crippen molar-refractivity contribution in [2.75, 3.05) is 10.7 Å². The quantitative estimate of drug-likeness (QED) is 0.564. The van der Waals surface area contributed by atoms with Gasteiger partial charge in [0, 0.05) is 6.04 Å². The maximum atomic E-state index is 5.35. The zero-order valence-electron chi connectivity index (χ0n) is 11.2. The first-order valence-electron chi connectivity index (χ1n) is 6.76. The molecule has 0 amide bonds. The molecule has 0 radical (unpaired) electrons. The third-order valence-electron chi connectivity index (χ3n) is 3.79. The minimum absolute atomic E-state index is 0.501. The minimum atomic E-state index is 0.501. The first-order chi connectivity index (χ1) is 8.70. The van der Waals surface area contributed by atoms with Crippen molar-refractivity contribution < 1.29 is 0 Å². The van der Waals surface area contributed by atoms with E-state index in [9.17, 15) is 0 Å². The van der Waals surface area contributed by atoms with Crippen LogP contribution in [-0.2, 0) is 0 Å². The third-order valence-corrected chi connectivity index (χ3v) is 3.79. The summed E-state index contributed by atoms with van der Waals surface area (Å²) in [5, 5.41) is 3.52. The molecular weight excluding hydrogens is 226 g/mol. The lowest BCUT2D eigenvalue weighted by atomic mass is 9.78. The van der Waals surface area contributed by atoms with E-state index in [1.54, 1.807) is 12.4 Å². The summed E-state index contributed by atoms with van der Waals surface area (Å²) in [5.74, 6) is 8.17. The molecule has 2 unspecified atom stereocenters. The van der Waals surface area contributed by atoms with E-state index in [1.165, 1.54) is 25.7 Å². The highest BCUT2D eigenvalue weighted by atomic mass is 15.3. The number of nitrogens with one attached hydrogen (secondary N) is 2. The molecule has 1 heterocycles. The first kappa shape index (κ1) is 13.1. The molecule has 1 aromatic rings. The highest BCUT2D eigenvalue weighted by molar-refractivity contribution is 5.41. The number of rotatable bonds is 4. The molecule has 1 saturated carbocycles. The molecule has 0 bridgehead atoms. The van der Waals surface area contributed by atoms with Gasteiger partial charge in [0.05, 0.1) is 12.4 Å². The summed E-state index contributed by atoms with van der Waals surface area (Å²) >= 11 is 0. The van der Waals surface area contributed by atoms with Crippen LogP contribution in [0, 0.1) is 11.8 Å². The Bertz CT molecular complexity index is 379. The van der Waals surface area contributed by atoms with Crippen molar-refractivity contribution in [2.45, 2.75) is 45.6 Å². The summed E-state index contributed by atoms with van der Waals surface area (Å²) in [6.07, 6.45) is 8.53. The molecule has 5 nitrogen and oxygen atoms in total. The average molecular weight is 249 g/mol. The van der Waals surface area contributed by atoms with E-state index in [0.29, 0.717) is 17.8 Å². The van der Waals surface area contributed by atoms with Crippen LogP contribution in [0.4, 0.5) is 11.6 Å². The second-order valence-corrected chi connectivity index (χ2v) is 5.38. The van der Waals surface area contributed by atoms with Crippen molar-refractivity contribution in [1.82, 2.24) is 9.97 Å². The van der Waals surface area contributed by atoms with E-state index in [4.69, 9.17) is 5.84 Å². The van der Waals surface area contributed by atoms with Gasteiger partial charge in [-0.3, -0.25) is 4.98 Å². The largest absolute Gasteiger partial charge is 0.366 e. The SMILES string of the molecule is CC(C)C1CCCCC1Nc1cncc(NN)n1. The zero-order chi connectivity index (χ0) is 13.0. The molecule has 0 spiro atoms.